The Bertz CT molecular complexity index is 1660. The first-order valence-corrected chi connectivity index (χ1v) is 21.2. The van der Waals surface area contributed by atoms with Crippen molar-refractivity contribution < 1.29 is 46.9 Å². The minimum Gasteiger partial charge on any atom is -0.444 e. The van der Waals surface area contributed by atoms with Crippen LogP contribution in [0.5, 0.6) is 0 Å². The number of hydrogen-bond donors (Lipinski definition) is 4. The number of likely N-dealkylation sites (tertiary alicyclic amines) is 2. The van der Waals surface area contributed by atoms with Crippen LogP contribution in [0.4, 0.5) is 18.4 Å². The Morgan fingerprint density at radius 2 is 1.02 bits per heavy atom. The van der Waals surface area contributed by atoms with Gasteiger partial charge in [0.1, 0.15) is 34.9 Å². The summed E-state index contributed by atoms with van der Waals surface area (Å²) in [6.45, 7) is 13.1. The van der Waals surface area contributed by atoms with Crippen LogP contribution in [-0.2, 0) is 41.8 Å². The van der Waals surface area contributed by atoms with Crippen LogP contribution in [0.25, 0.3) is 0 Å². The number of fused-ring (bicyclic) bond motifs is 2. The van der Waals surface area contributed by atoms with E-state index in [2.05, 4.69) is 21.3 Å². The van der Waals surface area contributed by atoms with Crippen LogP contribution in [-0.4, -0.2) is 120 Å². The topological polar surface area (TPSA) is 160 Å². The Labute approximate surface area is 351 Å². The van der Waals surface area contributed by atoms with E-state index in [1.54, 1.807) is 75.6 Å². The minimum absolute atomic E-state index is 0.0215. The highest BCUT2D eigenvalue weighted by Crippen LogP contribution is 2.31. The third-order valence-electron chi connectivity index (χ3n) is 11.4. The molecule has 0 aliphatic carbocycles. The summed E-state index contributed by atoms with van der Waals surface area (Å²) in [5, 5.41) is 12.6. The number of nitrogens with one attached hydrogen (secondary N) is 4. The maximum Gasteiger partial charge on any atom is 0.408 e. The molecular weight excluding hydrogens is 779 g/mol. The zero-order valence-electron chi connectivity index (χ0n) is 35.6. The second kappa shape index (κ2) is 19.6. The van der Waals surface area contributed by atoms with Gasteiger partial charge in [-0.05, 0) is 103 Å². The van der Waals surface area contributed by atoms with E-state index in [4.69, 9.17) is 18.9 Å². The average molecular weight is 841 g/mol. The van der Waals surface area contributed by atoms with E-state index >= 15 is 0 Å². The van der Waals surface area contributed by atoms with Crippen molar-refractivity contribution in [2.24, 2.45) is 0 Å². The molecule has 6 rings (SSSR count). The van der Waals surface area contributed by atoms with Gasteiger partial charge in [0.05, 0.1) is 37.5 Å². The average Bonchev–Trinajstić information content (AvgIpc) is 3.97. The predicted molar refractivity (Wildman–Crippen MR) is 219 cm³/mol. The molecule has 330 valence electrons. The zero-order chi connectivity index (χ0) is 43.2. The van der Waals surface area contributed by atoms with Gasteiger partial charge < -0.3 is 50.0 Å². The van der Waals surface area contributed by atoms with Gasteiger partial charge >= 0.3 is 12.2 Å². The molecule has 0 aromatic heterocycles. The SMILES string of the molecule is CC(C)(C)OC(=O)NC(CCCCC(NC(=O)OC(C)(C)C)C(=O)N1CCC2NCC(OCc3ccc(F)cc3)C21)C(=O)N1CCC2NCC(OCc3ccc(F)cc3)C21. The summed E-state index contributed by atoms with van der Waals surface area (Å²) in [6.07, 6.45) is 0.777. The van der Waals surface area contributed by atoms with Gasteiger partial charge in [0.2, 0.25) is 11.8 Å². The fourth-order valence-electron chi connectivity index (χ4n) is 8.68. The Morgan fingerprint density at radius 1 is 0.650 bits per heavy atom. The van der Waals surface area contributed by atoms with Crippen LogP contribution >= 0.6 is 0 Å². The van der Waals surface area contributed by atoms with Gasteiger partial charge in [0.15, 0.2) is 0 Å². The number of alkyl carbamates (subject to hydrolysis) is 2. The summed E-state index contributed by atoms with van der Waals surface area (Å²) in [5.74, 6) is -1.17. The van der Waals surface area contributed by atoms with E-state index in [0.717, 1.165) is 24.0 Å². The van der Waals surface area contributed by atoms with Crippen molar-refractivity contribution in [3.8, 4) is 0 Å². The Kier molecular flexibility index (Phi) is 14.7. The molecule has 4 N–H and O–H groups in total. The second-order valence-electron chi connectivity index (χ2n) is 18.3. The van der Waals surface area contributed by atoms with E-state index < -0.39 is 35.5 Å². The van der Waals surface area contributed by atoms with Crippen molar-refractivity contribution in [3.63, 3.8) is 0 Å². The van der Waals surface area contributed by atoms with Gasteiger partial charge in [-0.15, -0.1) is 0 Å². The lowest BCUT2D eigenvalue weighted by molar-refractivity contribution is -0.138. The van der Waals surface area contributed by atoms with Crippen molar-refractivity contribution in [1.82, 2.24) is 31.1 Å². The van der Waals surface area contributed by atoms with Gasteiger partial charge in [-0.1, -0.05) is 37.1 Å². The van der Waals surface area contributed by atoms with Crippen LogP contribution in [0.15, 0.2) is 48.5 Å². The second-order valence-corrected chi connectivity index (χ2v) is 18.3. The molecule has 8 unspecified atom stereocenters. The smallest absolute Gasteiger partial charge is 0.408 e. The number of ether oxygens (including phenoxy) is 4. The van der Waals surface area contributed by atoms with Crippen molar-refractivity contribution in [2.75, 3.05) is 26.2 Å². The molecule has 4 fully saturated rings. The number of carbonyl (C=O) groups excluding carboxylic acids is 4. The van der Waals surface area contributed by atoms with Gasteiger partial charge in [-0.25, -0.2) is 18.4 Å². The quantitative estimate of drug-likeness (QED) is 0.181. The molecule has 4 heterocycles. The number of carbonyl (C=O) groups is 4. The monoisotopic (exact) mass is 840 g/mol. The van der Waals surface area contributed by atoms with E-state index in [9.17, 15) is 28.0 Å². The summed E-state index contributed by atoms with van der Waals surface area (Å²) in [4.78, 5) is 58.6. The molecule has 60 heavy (non-hydrogen) atoms. The van der Waals surface area contributed by atoms with Crippen LogP contribution in [0.3, 0.4) is 0 Å². The number of nitrogens with zero attached hydrogens (tertiary/aromatic N) is 2. The number of hydrogen-bond acceptors (Lipinski definition) is 10. The highest BCUT2D eigenvalue weighted by Gasteiger charge is 2.49. The first kappa shape index (κ1) is 45.2. The maximum atomic E-state index is 14.4. The first-order valence-electron chi connectivity index (χ1n) is 21.2. The number of amides is 4. The number of rotatable bonds is 15. The van der Waals surface area contributed by atoms with Crippen molar-refractivity contribution in [2.45, 2.75) is 153 Å². The molecule has 4 saturated heterocycles. The van der Waals surface area contributed by atoms with Crippen LogP contribution in [0.1, 0.15) is 91.2 Å². The van der Waals surface area contributed by atoms with E-state index in [1.165, 1.54) is 24.3 Å². The molecule has 0 bridgehead atoms. The van der Waals surface area contributed by atoms with Crippen LogP contribution in [0, 0.1) is 11.6 Å². The van der Waals surface area contributed by atoms with Crippen LogP contribution in [0.2, 0.25) is 0 Å². The van der Waals surface area contributed by atoms with Gasteiger partial charge in [-0.2, -0.15) is 0 Å². The fraction of sp³-hybridized carbons (Fsp3) is 0.636. The summed E-state index contributed by atoms with van der Waals surface area (Å²) in [5.41, 5.74) is 0.0520. The number of unbranched alkanes of at least 4 members (excludes halogenated alkanes) is 1. The molecule has 4 aliphatic rings. The summed E-state index contributed by atoms with van der Waals surface area (Å²) < 4.78 is 50.7. The molecular formula is C44H62F2N6O8. The van der Waals surface area contributed by atoms with Crippen LogP contribution < -0.4 is 21.3 Å². The molecule has 0 radical (unpaired) electrons. The molecule has 0 spiro atoms. The molecule has 16 heteroatoms. The third-order valence-corrected chi connectivity index (χ3v) is 11.4. The standard InChI is InChI=1S/C44H62F2N6O8/c1-43(2,3)59-41(55)49-33(39(53)51-21-19-31-37(51)35(23-47-31)57-25-27-11-15-29(45)16-12-27)9-7-8-10-34(50-42(56)60-44(4,5)6)40(54)52-22-20-32-38(52)36(24-48-32)58-26-28-13-17-30(46)18-14-28/h11-18,31-38,47-48H,7-10,19-26H2,1-6H3,(H,49,55)(H,50,56). The normalized spacial score (nSPS) is 24.7. The van der Waals surface area contributed by atoms with E-state index in [1.807, 2.05) is 0 Å². The molecule has 2 aromatic rings. The zero-order valence-corrected chi connectivity index (χ0v) is 35.6. The minimum atomic E-state index is -0.923. The molecule has 4 aliphatic heterocycles. The lowest BCUT2D eigenvalue weighted by Crippen LogP contribution is -2.54. The lowest BCUT2D eigenvalue weighted by Gasteiger charge is -2.33. The fourth-order valence-corrected chi connectivity index (χ4v) is 8.68. The predicted octanol–water partition coefficient (Wildman–Crippen LogP) is 4.93. The van der Waals surface area contributed by atoms with E-state index in [0.29, 0.717) is 39.0 Å². The molecule has 14 nitrogen and oxygen atoms in total. The Morgan fingerprint density at radius 3 is 1.37 bits per heavy atom. The Hall–Kier alpha value is -4.38. The maximum absolute atomic E-state index is 14.4. The molecule has 8 atom stereocenters. The molecule has 2 aromatic carbocycles. The third kappa shape index (κ3) is 12.1. The van der Waals surface area contributed by atoms with Gasteiger partial charge in [0.25, 0.3) is 0 Å². The number of benzene rings is 2. The van der Waals surface area contributed by atoms with Gasteiger partial charge in [-0.3, -0.25) is 9.59 Å². The summed E-state index contributed by atoms with van der Waals surface area (Å²) >= 11 is 0. The lowest BCUT2D eigenvalue weighted by atomic mass is 10.0. The largest absolute Gasteiger partial charge is 0.444 e. The molecule has 4 amide bonds. The van der Waals surface area contributed by atoms with E-state index in [-0.39, 0.29) is 85.9 Å². The Balaban J connectivity index is 1.11. The van der Waals surface area contributed by atoms with Crippen molar-refractivity contribution in [1.29, 1.82) is 0 Å². The first-order chi connectivity index (χ1) is 28.4. The summed E-state index contributed by atoms with van der Waals surface area (Å²) in [6, 6.07) is 9.90. The molecule has 0 saturated carbocycles. The van der Waals surface area contributed by atoms with Crippen molar-refractivity contribution >= 4 is 24.0 Å². The summed E-state index contributed by atoms with van der Waals surface area (Å²) in [7, 11) is 0. The van der Waals surface area contributed by atoms with Crippen molar-refractivity contribution in [3.05, 3.63) is 71.3 Å². The highest BCUT2D eigenvalue weighted by molar-refractivity contribution is 5.87. The highest BCUT2D eigenvalue weighted by atomic mass is 19.1. The number of halogens is 2. The van der Waals surface area contributed by atoms with Gasteiger partial charge in [0, 0.05) is 38.3 Å².